The van der Waals surface area contributed by atoms with Gasteiger partial charge >= 0.3 is 0 Å². The Morgan fingerprint density at radius 3 is 2.55 bits per heavy atom. The molecule has 0 aliphatic carbocycles. The van der Waals surface area contributed by atoms with Gasteiger partial charge in [0.25, 0.3) is 5.91 Å². The molecule has 2 amide bonds. The molecule has 5 nitrogen and oxygen atoms in total. The Balaban J connectivity index is 1.83. The summed E-state index contributed by atoms with van der Waals surface area (Å²) in [6.07, 6.45) is 1.65. The Morgan fingerprint density at radius 2 is 1.87 bits per heavy atom. The van der Waals surface area contributed by atoms with E-state index in [0.29, 0.717) is 31.2 Å². The van der Waals surface area contributed by atoms with Gasteiger partial charge in [0, 0.05) is 19.5 Å². The number of benzene rings is 2. The summed E-state index contributed by atoms with van der Waals surface area (Å²) in [5.41, 5.74) is 3.38. The monoisotopic (exact) mass is 422 g/mol. The van der Waals surface area contributed by atoms with Gasteiger partial charge in [0.1, 0.15) is 5.75 Å². The zero-order valence-corrected chi connectivity index (χ0v) is 19.1. The minimum atomic E-state index is -0.586. The molecule has 2 aromatic rings. The zero-order chi connectivity index (χ0) is 22.4. The van der Waals surface area contributed by atoms with Crippen LogP contribution in [-0.4, -0.2) is 35.9 Å². The summed E-state index contributed by atoms with van der Waals surface area (Å²) >= 11 is 0. The quantitative estimate of drug-likeness (QED) is 0.681. The number of amides is 2. The van der Waals surface area contributed by atoms with Gasteiger partial charge in [0.15, 0.2) is 6.10 Å². The molecule has 0 fully saturated rings. The molecular weight excluding hydrogens is 388 g/mol. The Hall–Kier alpha value is -2.82. The third kappa shape index (κ3) is 5.66. The molecule has 0 saturated heterocycles. The number of carbonyl (C=O) groups excluding carboxylic acids is 2. The van der Waals surface area contributed by atoms with Crippen molar-refractivity contribution in [2.24, 2.45) is 5.92 Å². The van der Waals surface area contributed by atoms with Crippen molar-refractivity contribution in [2.75, 3.05) is 13.1 Å². The summed E-state index contributed by atoms with van der Waals surface area (Å²) in [5, 5.41) is 2.94. The van der Waals surface area contributed by atoms with Gasteiger partial charge in [-0.2, -0.15) is 0 Å². The lowest BCUT2D eigenvalue weighted by molar-refractivity contribution is -0.133. The molecule has 31 heavy (non-hydrogen) atoms. The predicted octanol–water partition coefficient (Wildman–Crippen LogP) is 4.50. The molecule has 0 spiro atoms. The summed E-state index contributed by atoms with van der Waals surface area (Å²) in [4.78, 5) is 27.1. The number of hydrogen-bond acceptors (Lipinski definition) is 3. The molecule has 0 saturated carbocycles. The third-order valence-electron chi connectivity index (χ3n) is 5.79. The Kier molecular flexibility index (Phi) is 7.72. The Morgan fingerprint density at radius 1 is 1.13 bits per heavy atom. The van der Waals surface area contributed by atoms with E-state index in [4.69, 9.17) is 4.74 Å². The molecule has 0 aromatic heterocycles. The highest BCUT2D eigenvalue weighted by atomic mass is 16.5. The topological polar surface area (TPSA) is 58.6 Å². The summed E-state index contributed by atoms with van der Waals surface area (Å²) in [7, 11) is 0. The lowest BCUT2D eigenvalue weighted by Gasteiger charge is -2.38. The standard InChI is InChI=1S/C26H34N2O3/c1-5-24(29)28-16-14-20-11-12-22(31-19(4)26(30)27-15-13-18(2)3)17-23(20)25(28)21-9-7-6-8-10-21/h6-12,17-19,25H,5,13-16H2,1-4H3,(H,27,30)/t19-,25+/m1/s1. The van der Waals surface area contributed by atoms with E-state index in [2.05, 4.69) is 37.4 Å². The van der Waals surface area contributed by atoms with Gasteiger partial charge < -0.3 is 15.0 Å². The van der Waals surface area contributed by atoms with Gasteiger partial charge in [-0.15, -0.1) is 0 Å². The molecule has 166 valence electrons. The highest BCUT2D eigenvalue weighted by Crippen LogP contribution is 2.37. The zero-order valence-electron chi connectivity index (χ0n) is 19.1. The van der Waals surface area contributed by atoms with E-state index in [9.17, 15) is 9.59 Å². The lowest BCUT2D eigenvalue weighted by atomic mass is 9.87. The van der Waals surface area contributed by atoms with Crippen LogP contribution >= 0.6 is 0 Å². The van der Waals surface area contributed by atoms with Crippen molar-refractivity contribution in [3.05, 3.63) is 65.2 Å². The predicted molar refractivity (Wildman–Crippen MR) is 123 cm³/mol. The SMILES string of the molecule is CCC(=O)N1CCc2ccc(O[C@H](C)C(=O)NCCC(C)C)cc2[C@@H]1c1ccccc1. The summed E-state index contributed by atoms with van der Waals surface area (Å²) < 4.78 is 5.99. The molecule has 1 N–H and O–H groups in total. The third-order valence-corrected chi connectivity index (χ3v) is 5.79. The number of fused-ring (bicyclic) bond motifs is 1. The fourth-order valence-corrected chi connectivity index (χ4v) is 4.02. The van der Waals surface area contributed by atoms with Crippen LogP contribution in [0.5, 0.6) is 5.75 Å². The van der Waals surface area contributed by atoms with Gasteiger partial charge in [0.2, 0.25) is 5.91 Å². The first-order valence-corrected chi connectivity index (χ1v) is 11.3. The van der Waals surface area contributed by atoms with E-state index >= 15 is 0 Å². The van der Waals surface area contributed by atoms with E-state index in [1.807, 2.05) is 42.2 Å². The second-order valence-corrected chi connectivity index (χ2v) is 8.60. The van der Waals surface area contributed by atoms with Crippen LogP contribution in [0.2, 0.25) is 0 Å². The van der Waals surface area contributed by atoms with Crippen molar-refractivity contribution >= 4 is 11.8 Å². The summed E-state index contributed by atoms with van der Waals surface area (Å²) in [5.74, 6) is 1.22. The minimum absolute atomic E-state index is 0.110. The molecule has 1 heterocycles. The highest BCUT2D eigenvalue weighted by molar-refractivity contribution is 5.80. The van der Waals surface area contributed by atoms with E-state index in [1.165, 1.54) is 5.56 Å². The molecule has 1 aliphatic rings. The largest absolute Gasteiger partial charge is 0.481 e. The Bertz CT molecular complexity index is 895. The first kappa shape index (κ1) is 22.9. The van der Waals surface area contributed by atoms with Gasteiger partial charge in [-0.05, 0) is 54.5 Å². The molecule has 3 rings (SSSR count). The molecule has 2 aromatic carbocycles. The maximum absolute atomic E-state index is 12.7. The first-order chi connectivity index (χ1) is 14.9. The number of hydrogen-bond donors (Lipinski definition) is 1. The van der Waals surface area contributed by atoms with Crippen LogP contribution in [0, 0.1) is 5.92 Å². The number of nitrogens with zero attached hydrogens (tertiary/aromatic N) is 1. The van der Waals surface area contributed by atoms with E-state index < -0.39 is 6.10 Å². The lowest BCUT2D eigenvalue weighted by Crippen LogP contribution is -2.40. The average Bonchev–Trinajstić information content (AvgIpc) is 2.77. The van der Waals surface area contributed by atoms with E-state index in [1.54, 1.807) is 6.92 Å². The number of ether oxygens (including phenoxy) is 1. The van der Waals surface area contributed by atoms with Crippen molar-refractivity contribution in [1.82, 2.24) is 10.2 Å². The first-order valence-electron chi connectivity index (χ1n) is 11.3. The number of carbonyl (C=O) groups is 2. The highest BCUT2D eigenvalue weighted by Gasteiger charge is 2.31. The van der Waals surface area contributed by atoms with E-state index in [-0.39, 0.29) is 17.9 Å². The second-order valence-electron chi connectivity index (χ2n) is 8.60. The molecule has 1 aliphatic heterocycles. The van der Waals surface area contributed by atoms with Gasteiger partial charge in [0.05, 0.1) is 6.04 Å². The second kappa shape index (κ2) is 10.5. The van der Waals surface area contributed by atoms with Crippen LogP contribution < -0.4 is 10.1 Å². The van der Waals surface area contributed by atoms with Crippen LogP contribution in [-0.2, 0) is 16.0 Å². The van der Waals surface area contributed by atoms with Crippen molar-refractivity contribution in [1.29, 1.82) is 0 Å². The van der Waals surface area contributed by atoms with Gasteiger partial charge in [-0.25, -0.2) is 0 Å². The fraction of sp³-hybridized carbons (Fsp3) is 0.462. The Labute approximate surface area is 185 Å². The van der Waals surface area contributed by atoms with Crippen LogP contribution in [0.4, 0.5) is 0 Å². The van der Waals surface area contributed by atoms with Gasteiger partial charge in [-0.1, -0.05) is 57.2 Å². The van der Waals surface area contributed by atoms with Crippen LogP contribution in [0.25, 0.3) is 0 Å². The summed E-state index contributed by atoms with van der Waals surface area (Å²) in [6.45, 7) is 9.29. The normalized spacial score (nSPS) is 16.5. The number of rotatable bonds is 8. The van der Waals surface area contributed by atoms with E-state index in [0.717, 1.165) is 24.0 Å². The molecule has 0 unspecified atom stereocenters. The number of nitrogens with one attached hydrogen (secondary N) is 1. The van der Waals surface area contributed by atoms with Crippen LogP contribution in [0.3, 0.4) is 0 Å². The van der Waals surface area contributed by atoms with Crippen molar-refractivity contribution < 1.29 is 14.3 Å². The molecule has 0 radical (unpaired) electrons. The summed E-state index contributed by atoms with van der Waals surface area (Å²) in [6, 6.07) is 16.0. The maximum Gasteiger partial charge on any atom is 0.260 e. The smallest absolute Gasteiger partial charge is 0.260 e. The van der Waals surface area contributed by atoms with Gasteiger partial charge in [-0.3, -0.25) is 9.59 Å². The van der Waals surface area contributed by atoms with Crippen LogP contribution in [0.15, 0.2) is 48.5 Å². The maximum atomic E-state index is 12.7. The fourth-order valence-electron chi connectivity index (χ4n) is 4.02. The molecule has 0 bridgehead atoms. The minimum Gasteiger partial charge on any atom is -0.481 e. The average molecular weight is 423 g/mol. The van der Waals surface area contributed by atoms with Crippen molar-refractivity contribution in [3.63, 3.8) is 0 Å². The molecule has 2 atom stereocenters. The van der Waals surface area contributed by atoms with Crippen molar-refractivity contribution in [3.8, 4) is 5.75 Å². The molecular formula is C26H34N2O3. The van der Waals surface area contributed by atoms with Crippen LogP contribution in [0.1, 0.15) is 63.3 Å². The molecule has 5 heteroatoms. The van der Waals surface area contributed by atoms with Crippen molar-refractivity contribution in [2.45, 2.75) is 59.1 Å².